The number of methoxy groups -OCH3 is 1. The number of benzene rings is 2. The lowest BCUT2D eigenvalue weighted by atomic mass is 10.1. The molecule has 2 aromatic rings. The maximum absolute atomic E-state index is 13.1. The number of nitrogens with zero attached hydrogens (tertiary/aromatic N) is 2. The van der Waals surface area contributed by atoms with Gasteiger partial charge in [0, 0.05) is 30.2 Å². The summed E-state index contributed by atoms with van der Waals surface area (Å²) in [5.41, 5.74) is 0.482. The molecule has 32 heavy (non-hydrogen) atoms. The zero-order valence-corrected chi connectivity index (χ0v) is 18.9. The van der Waals surface area contributed by atoms with Crippen molar-refractivity contribution in [2.45, 2.75) is 32.9 Å². The second-order valence-electron chi connectivity index (χ2n) is 6.81. The fraction of sp³-hybridized carbons (Fsp3) is 0.364. The van der Waals surface area contributed by atoms with Gasteiger partial charge in [-0.05, 0) is 31.0 Å². The molecule has 9 nitrogen and oxygen atoms in total. The lowest BCUT2D eigenvalue weighted by Gasteiger charge is -2.30. The third-order valence-electron chi connectivity index (χ3n) is 4.75. The SMILES string of the molecule is CCNC(=O)C(CC)N(Cc1ccccc1Cl)C(=O)COc1ccc([N+](=O)[O-])c(OC)c1. The van der Waals surface area contributed by atoms with Crippen LogP contribution in [-0.2, 0) is 16.1 Å². The predicted octanol–water partition coefficient (Wildman–Crippen LogP) is 3.58. The van der Waals surface area contributed by atoms with Crippen LogP contribution in [0.5, 0.6) is 11.5 Å². The number of rotatable bonds is 11. The maximum Gasteiger partial charge on any atom is 0.311 e. The first kappa shape index (κ1) is 24.9. The average Bonchev–Trinajstić information content (AvgIpc) is 2.78. The van der Waals surface area contributed by atoms with Gasteiger partial charge in [0.15, 0.2) is 6.61 Å². The minimum Gasteiger partial charge on any atom is -0.490 e. The third kappa shape index (κ3) is 6.34. The van der Waals surface area contributed by atoms with Crippen molar-refractivity contribution in [3.8, 4) is 11.5 Å². The van der Waals surface area contributed by atoms with Crippen LogP contribution in [0.1, 0.15) is 25.8 Å². The standard InChI is InChI=1S/C22H26ClN3O6/c1-4-18(22(28)24-5-2)25(13-15-8-6-7-9-17(15)23)21(27)14-32-16-10-11-19(26(29)30)20(12-16)31-3/h6-12,18H,4-5,13-14H2,1-3H3,(H,24,28). The summed E-state index contributed by atoms with van der Waals surface area (Å²) in [5, 5.41) is 14.3. The Hall–Kier alpha value is -3.33. The van der Waals surface area contributed by atoms with Gasteiger partial charge < -0.3 is 19.7 Å². The highest BCUT2D eigenvalue weighted by molar-refractivity contribution is 6.31. The number of hydrogen-bond donors (Lipinski definition) is 1. The molecule has 1 atom stereocenters. The molecule has 0 aliphatic heterocycles. The minimum atomic E-state index is -0.714. The zero-order chi connectivity index (χ0) is 23.7. The number of halogens is 1. The first-order valence-electron chi connectivity index (χ1n) is 10.1. The first-order valence-corrected chi connectivity index (χ1v) is 10.5. The summed E-state index contributed by atoms with van der Waals surface area (Å²) in [6.07, 6.45) is 0.396. The van der Waals surface area contributed by atoms with E-state index < -0.39 is 16.9 Å². The number of nitrogens with one attached hydrogen (secondary N) is 1. The number of ether oxygens (including phenoxy) is 2. The molecule has 0 aromatic heterocycles. The Kier molecular flexibility index (Phi) is 9.27. The molecule has 1 N–H and O–H groups in total. The lowest BCUT2D eigenvalue weighted by molar-refractivity contribution is -0.385. The summed E-state index contributed by atoms with van der Waals surface area (Å²) >= 11 is 6.27. The van der Waals surface area contributed by atoms with E-state index in [2.05, 4.69) is 5.32 Å². The van der Waals surface area contributed by atoms with Crippen LogP contribution in [0.25, 0.3) is 0 Å². The van der Waals surface area contributed by atoms with Gasteiger partial charge in [-0.1, -0.05) is 36.7 Å². The molecule has 2 rings (SSSR count). The fourth-order valence-electron chi connectivity index (χ4n) is 3.15. The number of nitro benzene ring substituents is 1. The normalized spacial score (nSPS) is 11.4. The van der Waals surface area contributed by atoms with Gasteiger partial charge in [0.25, 0.3) is 5.91 Å². The Labute approximate surface area is 191 Å². The summed E-state index contributed by atoms with van der Waals surface area (Å²) in [6.45, 7) is 3.80. The van der Waals surface area contributed by atoms with Crippen LogP contribution < -0.4 is 14.8 Å². The van der Waals surface area contributed by atoms with E-state index >= 15 is 0 Å². The van der Waals surface area contributed by atoms with E-state index in [-0.39, 0.29) is 36.2 Å². The monoisotopic (exact) mass is 463 g/mol. The number of amides is 2. The number of likely N-dealkylation sites (N-methyl/N-ethyl adjacent to an activating group) is 1. The molecule has 0 heterocycles. The summed E-state index contributed by atoms with van der Waals surface area (Å²) in [6, 6.07) is 10.3. The highest BCUT2D eigenvalue weighted by Crippen LogP contribution is 2.31. The van der Waals surface area contributed by atoms with Gasteiger partial charge in [0.05, 0.1) is 12.0 Å². The zero-order valence-electron chi connectivity index (χ0n) is 18.2. The van der Waals surface area contributed by atoms with Gasteiger partial charge in [-0.15, -0.1) is 0 Å². The van der Waals surface area contributed by atoms with E-state index in [4.69, 9.17) is 21.1 Å². The number of carbonyl (C=O) groups is 2. The minimum absolute atomic E-state index is 0.0154. The van der Waals surface area contributed by atoms with E-state index in [1.165, 1.54) is 30.2 Å². The molecule has 10 heteroatoms. The molecular formula is C22H26ClN3O6. The number of nitro groups is 1. The van der Waals surface area contributed by atoms with Crippen molar-refractivity contribution < 1.29 is 24.0 Å². The second kappa shape index (κ2) is 11.9. The van der Waals surface area contributed by atoms with E-state index in [0.29, 0.717) is 23.6 Å². The van der Waals surface area contributed by atoms with Crippen LogP contribution in [0.3, 0.4) is 0 Å². The molecule has 172 valence electrons. The van der Waals surface area contributed by atoms with E-state index in [1.54, 1.807) is 31.2 Å². The van der Waals surface area contributed by atoms with Crippen molar-refractivity contribution in [3.05, 3.63) is 63.2 Å². The largest absolute Gasteiger partial charge is 0.490 e. The molecule has 1 unspecified atom stereocenters. The van der Waals surface area contributed by atoms with Gasteiger partial charge in [-0.25, -0.2) is 0 Å². The number of hydrogen-bond acceptors (Lipinski definition) is 6. The van der Waals surface area contributed by atoms with Crippen LogP contribution in [0.2, 0.25) is 5.02 Å². The molecule has 0 fully saturated rings. The second-order valence-corrected chi connectivity index (χ2v) is 7.22. The summed E-state index contributed by atoms with van der Waals surface area (Å²) < 4.78 is 10.6. The Morgan fingerprint density at radius 3 is 2.53 bits per heavy atom. The van der Waals surface area contributed by atoms with E-state index in [9.17, 15) is 19.7 Å². The molecule has 0 saturated heterocycles. The van der Waals surface area contributed by atoms with Crippen molar-refractivity contribution in [2.75, 3.05) is 20.3 Å². The van der Waals surface area contributed by atoms with Gasteiger partial charge in [0.2, 0.25) is 11.7 Å². The summed E-state index contributed by atoms with van der Waals surface area (Å²) in [4.78, 5) is 37.6. The average molecular weight is 464 g/mol. The smallest absolute Gasteiger partial charge is 0.311 e. The summed E-state index contributed by atoms with van der Waals surface area (Å²) in [7, 11) is 1.31. The van der Waals surface area contributed by atoms with Crippen molar-refractivity contribution in [3.63, 3.8) is 0 Å². The predicted molar refractivity (Wildman–Crippen MR) is 120 cm³/mol. The number of carbonyl (C=O) groups excluding carboxylic acids is 2. The van der Waals surface area contributed by atoms with Gasteiger partial charge in [-0.3, -0.25) is 19.7 Å². The highest BCUT2D eigenvalue weighted by atomic mass is 35.5. The molecular weight excluding hydrogens is 438 g/mol. The quantitative estimate of drug-likeness (QED) is 0.402. The first-order chi connectivity index (χ1) is 15.3. The Bertz CT molecular complexity index is 968. The molecule has 0 spiro atoms. The Morgan fingerprint density at radius 2 is 1.94 bits per heavy atom. The van der Waals surface area contributed by atoms with Crippen LogP contribution in [0.4, 0.5) is 5.69 Å². The molecule has 0 aliphatic rings. The van der Waals surface area contributed by atoms with E-state index in [0.717, 1.165) is 0 Å². The van der Waals surface area contributed by atoms with Gasteiger partial charge in [0.1, 0.15) is 11.8 Å². The highest BCUT2D eigenvalue weighted by Gasteiger charge is 2.29. The molecule has 0 radical (unpaired) electrons. The van der Waals surface area contributed by atoms with Crippen LogP contribution in [0, 0.1) is 10.1 Å². The Balaban J connectivity index is 2.24. The van der Waals surface area contributed by atoms with Crippen LogP contribution in [-0.4, -0.2) is 47.9 Å². The van der Waals surface area contributed by atoms with Crippen LogP contribution >= 0.6 is 11.6 Å². The van der Waals surface area contributed by atoms with Gasteiger partial charge in [-0.2, -0.15) is 0 Å². The van der Waals surface area contributed by atoms with Crippen molar-refractivity contribution in [1.29, 1.82) is 0 Å². The van der Waals surface area contributed by atoms with Crippen molar-refractivity contribution in [1.82, 2.24) is 10.2 Å². The third-order valence-corrected chi connectivity index (χ3v) is 5.11. The van der Waals surface area contributed by atoms with Crippen molar-refractivity contribution in [2.24, 2.45) is 0 Å². The molecule has 0 bridgehead atoms. The van der Waals surface area contributed by atoms with Gasteiger partial charge >= 0.3 is 5.69 Å². The maximum atomic E-state index is 13.1. The van der Waals surface area contributed by atoms with E-state index in [1.807, 2.05) is 6.92 Å². The van der Waals surface area contributed by atoms with Crippen LogP contribution in [0.15, 0.2) is 42.5 Å². The lowest BCUT2D eigenvalue weighted by Crippen LogP contribution is -2.50. The molecule has 0 aliphatic carbocycles. The Morgan fingerprint density at radius 1 is 1.22 bits per heavy atom. The molecule has 2 amide bonds. The van der Waals surface area contributed by atoms with Crippen molar-refractivity contribution >= 4 is 29.1 Å². The molecule has 2 aromatic carbocycles. The topological polar surface area (TPSA) is 111 Å². The summed E-state index contributed by atoms with van der Waals surface area (Å²) in [5.74, 6) is -0.459. The fourth-order valence-corrected chi connectivity index (χ4v) is 3.34. The molecule has 0 saturated carbocycles.